The fraction of sp³-hybridized carbons (Fsp3) is 0.444. The van der Waals surface area contributed by atoms with Gasteiger partial charge in [-0.1, -0.05) is 6.07 Å². The highest BCUT2D eigenvalue weighted by molar-refractivity contribution is 5.08. The molecular weight excluding hydrogens is 150 g/mol. The predicted octanol–water partition coefficient (Wildman–Crippen LogP) is 0.444. The topological polar surface area (TPSA) is 28.2 Å². The minimum atomic E-state index is 1.01. The second-order valence-corrected chi connectivity index (χ2v) is 3.07. The van der Waals surface area contributed by atoms with Crippen molar-refractivity contribution < 1.29 is 0 Å². The number of rotatable bonds is 2. The van der Waals surface area contributed by atoms with Crippen LogP contribution in [0.4, 0.5) is 0 Å². The minimum absolute atomic E-state index is 1.01. The van der Waals surface area contributed by atoms with Crippen LogP contribution in [0.2, 0.25) is 0 Å². The first-order chi connectivity index (χ1) is 5.95. The minimum Gasteiger partial charge on any atom is -0.303 e. The highest BCUT2D eigenvalue weighted by Gasteiger charge is 2.10. The van der Waals surface area contributed by atoms with E-state index >= 15 is 0 Å². The molecule has 1 saturated heterocycles. The maximum absolute atomic E-state index is 4.08. The monoisotopic (exact) mass is 163 g/mol. The Morgan fingerprint density at radius 1 is 1.58 bits per heavy atom. The molecule has 12 heavy (non-hydrogen) atoms. The molecule has 2 heterocycles. The van der Waals surface area contributed by atoms with Crippen molar-refractivity contribution in [2.75, 3.05) is 19.8 Å². The summed E-state index contributed by atoms with van der Waals surface area (Å²) in [6, 6.07) is 4.10. The molecule has 0 saturated carbocycles. The van der Waals surface area contributed by atoms with Gasteiger partial charge >= 0.3 is 0 Å². The van der Waals surface area contributed by atoms with Gasteiger partial charge in [0.1, 0.15) is 0 Å². The van der Waals surface area contributed by atoms with Crippen molar-refractivity contribution in [3.63, 3.8) is 0 Å². The summed E-state index contributed by atoms with van der Waals surface area (Å²) in [6.45, 7) is 4.28. The second kappa shape index (κ2) is 3.65. The molecule has 0 bridgehead atoms. The first-order valence-electron chi connectivity index (χ1n) is 4.27. The van der Waals surface area contributed by atoms with Crippen LogP contribution < -0.4 is 5.32 Å². The molecule has 0 radical (unpaired) electrons. The van der Waals surface area contributed by atoms with Gasteiger partial charge in [-0.05, 0) is 11.6 Å². The summed E-state index contributed by atoms with van der Waals surface area (Å²) < 4.78 is 0. The normalized spacial score (nSPS) is 18.3. The van der Waals surface area contributed by atoms with Gasteiger partial charge < -0.3 is 5.32 Å². The van der Waals surface area contributed by atoms with Gasteiger partial charge in [-0.3, -0.25) is 9.88 Å². The van der Waals surface area contributed by atoms with E-state index in [0.29, 0.717) is 0 Å². The Kier molecular flexibility index (Phi) is 2.34. The molecule has 0 atom stereocenters. The van der Waals surface area contributed by atoms with Crippen LogP contribution in [0, 0.1) is 0 Å². The lowest BCUT2D eigenvalue weighted by atomic mass is 10.3. The van der Waals surface area contributed by atoms with Gasteiger partial charge in [-0.2, -0.15) is 0 Å². The Morgan fingerprint density at radius 3 is 3.25 bits per heavy atom. The van der Waals surface area contributed by atoms with Gasteiger partial charge in [0.25, 0.3) is 0 Å². The van der Waals surface area contributed by atoms with Crippen molar-refractivity contribution in [2.24, 2.45) is 0 Å². The maximum atomic E-state index is 4.08. The molecule has 0 aromatic carbocycles. The largest absolute Gasteiger partial charge is 0.303 e. The Balaban J connectivity index is 1.94. The molecule has 64 valence electrons. The van der Waals surface area contributed by atoms with Crippen LogP contribution in [0.1, 0.15) is 5.56 Å². The third kappa shape index (κ3) is 1.81. The van der Waals surface area contributed by atoms with Crippen LogP contribution in [0.3, 0.4) is 0 Å². The Labute approximate surface area is 72.4 Å². The number of nitrogens with zero attached hydrogens (tertiary/aromatic N) is 2. The SMILES string of the molecule is c1cncc(CN2CCNC2)c1. The molecule has 0 amide bonds. The zero-order valence-electron chi connectivity index (χ0n) is 7.03. The first-order valence-corrected chi connectivity index (χ1v) is 4.27. The summed E-state index contributed by atoms with van der Waals surface area (Å²) in [7, 11) is 0. The van der Waals surface area contributed by atoms with Crippen LogP contribution in [-0.2, 0) is 6.54 Å². The Morgan fingerprint density at radius 2 is 2.58 bits per heavy atom. The maximum Gasteiger partial charge on any atom is 0.0484 e. The number of nitrogens with one attached hydrogen (secondary N) is 1. The molecule has 1 aromatic heterocycles. The molecule has 1 aliphatic rings. The Hall–Kier alpha value is -0.930. The predicted molar refractivity (Wildman–Crippen MR) is 47.5 cm³/mol. The third-order valence-electron chi connectivity index (χ3n) is 2.07. The van der Waals surface area contributed by atoms with Crippen LogP contribution in [0.5, 0.6) is 0 Å². The molecule has 0 aliphatic carbocycles. The van der Waals surface area contributed by atoms with Crippen LogP contribution >= 0.6 is 0 Å². The van der Waals surface area contributed by atoms with E-state index in [1.54, 1.807) is 0 Å². The van der Waals surface area contributed by atoms with Crippen molar-refractivity contribution in [3.05, 3.63) is 30.1 Å². The highest BCUT2D eigenvalue weighted by Crippen LogP contribution is 2.03. The lowest BCUT2D eigenvalue weighted by Crippen LogP contribution is -2.21. The van der Waals surface area contributed by atoms with Gasteiger partial charge in [0.05, 0.1) is 0 Å². The van der Waals surface area contributed by atoms with E-state index in [2.05, 4.69) is 21.3 Å². The molecule has 1 fully saturated rings. The zero-order valence-corrected chi connectivity index (χ0v) is 7.03. The number of hydrogen-bond acceptors (Lipinski definition) is 3. The molecule has 1 aromatic rings. The van der Waals surface area contributed by atoms with E-state index in [1.807, 2.05) is 18.5 Å². The van der Waals surface area contributed by atoms with Gasteiger partial charge in [0.2, 0.25) is 0 Å². The summed E-state index contributed by atoms with van der Waals surface area (Å²) in [4.78, 5) is 6.45. The second-order valence-electron chi connectivity index (χ2n) is 3.07. The number of hydrogen-bond donors (Lipinski definition) is 1. The van der Waals surface area contributed by atoms with E-state index in [1.165, 1.54) is 5.56 Å². The van der Waals surface area contributed by atoms with Crippen molar-refractivity contribution in [1.82, 2.24) is 15.2 Å². The summed E-state index contributed by atoms with van der Waals surface area (Å²) in [5, 5.41) is 3.30. The smallest absolute Gasteiger partial charge is 0.0484 e. The molecular formula is C9H13N3. The molecule has 1 N–H and O–H groups in total. The van der Waals surface area contributed by atoms with E-state index in [4.69, 9.17) is 0 Å². The molecule has 0 spiro atoms. The van der Waals surface area contributed by atoms with Crippen molar-refractivity contribution in [3.8, 4) is 0 Å². The number of pyridine rings is 1. The summed E-state index contributed by atoms with van der Waals surface area (Å²) in [6.07, 6.45) is 3.74. The average molecular weight is 163 g/mol. The van der Waals surface area contributed by atoms with Crippen LogP contribution in [0.25, 0.3) is 0 Å². The van der Waals surface area contributed by atoms with E-state index in [0.717, 1.165) is 26.3 Å². The third-order valence-corrected chi connectivity index (χ3v) is 2.07. The van der Waals surface area contributed by atoms with E-state index in [-0.39, 0.29) is 0 Å². The Bertz CT molecular complexity index is 229. The highest BCUT2D eigenvalue weighted by atomic mass is 15.3. The fourth-order valence-corrected chi connectivity index (χ4v) is 1.44. The fourth-order valence-electron chi connectivity index (χ4n) is 1.44. The quantitative estimate of drug-likeness (QED) is 0.686. The van der Waals surface area contributed by atoms with Crippen LogP contribution in [-0.4, -0.2) is 29.6 Å². The van der Waals surface area contributed by atoms with Crippen molar-refractivity contribution >= 4 is 0 Å². The summed E-state index contributed by atoms with van der Waals surface area (Å²) >= 11 is 0. The first kappa shape index (κ1) is 7.71. The lowest BCUT2D eigenvalue weighted by Gasteiger charge is -2.12. The zero-order chi connectivity index (χ0) is 8.23. The van der Waals surface area contributed by atoms with Crippen molar-refractivity contribution in [2.45, 2.75) is 6.54 Å². The van der Waals surface area contributed by atoms with E-state index in [9.17, 15) is 0 Å². The standard InChI is InChI=1S/C9H13N3/c1-2-9(6-10-3-1)7-12-5-4-11-8-12/h1-3,6,11H,4-5,7-8H2. The van der Waals surface area contributed by atoms with Gasteiger partial charge in [-0.15, -0.1) is 0 Å². The molecule has 3 heteroatoms. The van der Waals surface area contributed by atoms with Gasteiger partial charge in [-0.25, -0.2) is 0 Å². The lowest BCUT2D eigenvalue weighted by molar-refractivity contribution is 0.327. The van der Waals surface area contributed by atoms with Gasteiger partial charge in [0.15, 0.2) is 0 Å². The number of aromatic nitrogens is 1. The van der Waals surface area contributed by atoms with E-state index < -0.39 is 0 Å². The molecule has 0 unspecified atom stereocenters. The molecule has 3 nitrogen and oxygen atoms in total. The van der Waals surface area contributed by atoms with Gasteiger partial charge in [0, 0.05) is 38.7 Å². The summed E-state index contributed by atoms with van der Waals surface area (Å²) in [5.41, 5.74) is 1.29. The molecule has 2 rings (SSSR count). The van der Waals surface area contributed by atoms with Crippen molar-refractivity contribution in [1.29, 1.82) is 0 Å². The van der Waals surface area contributed by atoms with Crippen LogP contribution in [0.15, 0.2) is 24.5 Å². The average Bonchev–Trinajstić information content (AvgIpc) is 2.59. The summed E-state index contributed by atoms with van der Waals surface area (Å²) in [5.74, 6) is 0. The molecule has 1 aliphatic heterocycles.